The SMILES string of the molecule is C=CC(CNS(=O)(=O)c1cc2ccccc2o1)C1CCN2C(=O)SC(c3cc(-c4ccc(Oc5ccccc5)cc4)nc4ccc(OC)cc34)C2C1. The van der Waals surface area contributed by atoms with Crippen molar-refractivity contribution in [2.75, 3.05) is 20.2 Å². The van der Waals surface area contributed by atoms with Crippen molar-refractivity contribution in [3.05, 3.63) is 127 Å². The lowest BCUT2D eigenvalue weighted by molar-refractivity contribution is 0.135. The number of hydrogen-bond donors (Lipinski definition) is 1. The normalized spacial score (nSPS) is 19.4. The molecule has 1 amide bonds. The molecule has 0 spiro atoms. The molecule has 4 heterocycles. The largest absolute Gasteiger partial charge is 0.497 e. The van der Waals surface area contributed by atoms with Crippen molar-refractivity contribution in [3.63, 3.8) is 0 Å². The van der Waals surface area contributed by atoms with Gasteiger partial charge in [-0.3, -0.25) is 4.79 Å². The number of amides is 1. The van der Waals surface area contributed by atoms with Crippen LogP contribution in [0.5, 0.6) is 17.2 Å². The summed E-state index contributed by atoms with van der Waals surface area (Å²) in [6, 6.07) is 34.1. The van der Waals surface area contributed by atoms with E-state index in [0.717, 1.165) is 51.0 Å². The fraction of sp³-hybridized carbons (Fsp3) is 0.220. The molecule has 4 aromatic carbocycles. The topological polar surface area (TPSA) is 111 Å². The summed E-state index contributed by atoms with van der Waals surface area (Å²) >= 11 is 1.35. The van der Waals surface area contributed by atoms with Crippen molar-refractivity contribution in [2.45, 2.75) is 29.2 Å². The molecule has 6 aromatic rings. The maximum absolute atomic E-state index is 13.5. The molecular weight excluding hydrogens is 695 g/mol. The van der Waals surface area contributed by atoms with Gasteiger partial charge in [-0.15, -0.1) is 6.58 Å². The van der Waals surface area contributed by atoms with Crippen molar-refractivity contribution < 1.29 is 27.1 Å². The lowest BCUT2D eigenvalue weighted by Gasteiger charge is -2.39. The molecule has 0 saturated carbocycles. The highest BCUT2D eigenvalue weighted by Gasteiger charge is 2.46. The van der Waals surface area contributed by atoms with E-state index < -0.39 is 10.0 Å². The first-order valence-electron chi connectivity index (χ1n) is 17.2. The zero-order valence-electron chi connectivity index (χ0n) is 28.5. The van der Waals surface area contributed by atoms with Crippen molar-refractivity contribution in [1.82, 2.24) is 14.6 Å². The number of furan rings is 1. The molecule has 0 bridgehead atoms. The molecule has 4 atom stereocenters. The first-order chi connectivity index (χ1) is 25.3. The van der Waals surface area contributed by atoms with E-state index in [4.69, 9.17) is 18.9 Å². The molecule has 9 nitrogen and oxygen atoms in total. The first-order valence-corrected chi connectivity index (χ1v) is 19.6. The molecule has 0 aliphatic carbocycles. The number of sulfonamides is 1. The second-order valence-corrected chi connectivity index (χ2v) is 15.9. The third kappa shape index (κ3) is 6.67. The molecule has 1 N–H and O–H groups in total. The van der Waals surface area contributed by atoms with E-state index in [-0.39, 0.29) is 40.0 Å². The monoisotopic (exact) mass is 731 g/mol. The Kier molecular flexibility index (Phi) is 9.25. The number of para-hydroxylation sites is 2. The van der Waals surface area contributed by atoms with E-state index in [0.29, 0.717) is 24.3 Å². The van der Waals surface area contributed by atoms with Gasteiger partial charge in [0.05, 0.1) is 23.6 Å². The van der Waals surface area contributed by atoms with Gasteiger partial charge in [-0.1, -0.05) is 54.2 Å². The van der Waals surface area contributed by atoms with E-state index >= 15 is 0 Å². The number of thioether (sulfide) groups is 1. The zero-order chi connectivity index (χ0) is 35.8. The van der Waals surface area contributed by atoms with Gasteiger partial charge in [0.2, 0.25) is 5.09 Å². The van der Waals surface area contributed by atoms with Gasteiger partial charge in [0.25, 0.3) is 15.3 Å². The number of nitrogens with one attached hydrogen (secondary N) is 1. The van der Waals surface area contributed by atoms with Crippen LogP contribution >= 0.6 is 11.8 Å². The van der Waals surface area contributed by atoms with Gasteiger partial charge in [-0.25, -0.2) is 18.1 Å². The lowest BCUT2D eigenvalue weighted by atomic mass is 9.79. The van der Waals surface area contributed by atoms with Gasteiger partial charge in [-0.05, 0) is 97.0 Å². The van der Waals surface area contributed by atoms with Crippen molar-refractivity contribution in [2.24, 2.45) is 11.8 Å². The minimum Gasteiger partial charge on any atom is -0.497 e. The number of carbonyl (C=O) groups is 1. The number of hydrogen-bond acceptors (Lipinski definition) is 8. The third-order valence-corrected chi connectivity index (χ3v) is 12.6. The Bertz CT molecular complexity index is 2350. The minimum atomic E-state index is -3.89. The van der Waals surface area contributed by atoms with E-state index in [1.807, 2.05) is 95.9 Å². The summed E-state index contributed by atoms with van der Waals surface area (Å²) in [5.74, 6) is 2.14. The summed E-state index contributed by atoms with van der Waals surface area (Å²) in [7, 11) is -2.25. The number of pyridine rings is 1. The Hall–Kier alpha value is -5.10. The highest BCUT2D eigenvalue weighted by molar-refractivity contribution is 8.14. The number of carbonyl (C=O) groups excluding carboxylic acids is 1. The number of methoxy groups -OCH3 is 1. The second-order valence-electron chi connectivity index (χ2n) is 13.1. The van der Waals surface area contributed by atoms with E-state index in [9.17, 15) is 13.2 Å². The van der Waals surface area contributed by atoms with Crippen LogP contribution in [0.2, 0.25) is 0 Å². The highest BCUT2D eigenvalue weighted by atomic mass is 32.2. The molecule has 2 aromatic heterocycles. The van der Waals surface area contributed by atoms with Gasteiger partial charge >= 0.3 is 0 Å². The summed E-state index contributed by atoms with van der Waals surface area (Å²) < 4.78 is 46.6. The van der Waals surface area contributed by atoms with Gasteiger partial charge in [0, 0.05) is 41.5 Å². The Morgan fingerprint density at radius 2 is 1.73 bits per heavy atom. The van der Waals surface area contributed by atoms with Crippen LogP contribution in [0.15, 0.2) is 131 Å². The molecule has 0 radical (unpaired) electrons. The predicted molar refractivity (Wildman–Crippen MR) is 204 cm³/mol. The molecule has 4 unspecified atom stereocenters. The predicted octanol–water partition coefficient (Wildman–Crippen LogP) is 9.22. The molecule has 2 saturated heterocycles. The quantitative estimate of drug-likeness (QED) is 0.131. The van der Waals surface area contributed by atoms with E-state index in [2.05, 4.69) is 17.4 Å². The van der Waals surface area contributed by atoms with Crippen molar-refractivity contribution >= 4 is 48.9 Å². The zero-order valence-corrected chi connectivity index (χ0v) is 30.1. The molecule has 8 rings (SSSR count). The summed E-state index contributed by atoms with van der Waals surface area (Å²) in [4.78, 5) is 20.6. The number of nitrogens with zero attached hydrogens (tertiary/aromatic N) is 2. The number of benzene rings is 4. The number of fused-ring (bicyclic) bond motifs is 3. The first kappa shape index (κ1) is 34.0. The Balaban J connectivity index is 1.07. The van der Waals surface area contributed by atoms with Crippen molar-refractivity contribution in [3.8, 4) is 28.5 Å². The third-order valence-electron chi connectivity index (χ3n) is 10.1. The Labute approximate surface area is 306 Å². The molecule has 264 valence electrons. The average molecular weight is 732 g/mol. The summed E-state index contributed by atoms with van der Waals surface area (Å²) in [5.41, 5.74) is 4.05. The Morgan fingerprint density at radius 1 is 0.981 bits per heavy atom. The van der Waals surface area contributed by atoms with E-state index in [1.54, 1.807) is 25.3 Å². The number of aromatic nitrogens is 1. The van der Waals surface area contributed by atoms with Crippen LogP contribution in [0, 0.1) is 11.8 Å². The van der Waals surface area contributed by atoms with Crippen LogP contribution in [0.1, 0.15) is 23.7 Å². The lowest BCUT2D eigenvalue weighted by Crippen LogP contribution is -2.44. The standard InChI is InChI=1S/C41H37N3O6S2/c1-3-26(25-42-52(46,47)39-22-29-9-7-8-12-38(29)50-39)28-19-20-44-37(21-28)40(51-41(44)45)34-24-36(43-35-18-17-32(48-2)23-33(34)35)27-13-15-31(16-14-27)49-30-10-5-4-6-11-30/h3-18,22-24,26,28,37,40,42H,1,19-21,25H2,2H3. The Morgan fingerprint density at radius 3 is 2.50 bits per heavy atom. The molecule has 2 aliphatic heterocycles. The summed E-state index contributed by atoms with van der Waals surface area (Å²) in [6.07, 6.45) is 3.27. The smallest absolute Gasteiger partial charge is 0.282 e. The average Bonchev–Trinajstić information content (AvgIpc) is 3.77. The van der Waals surface area contributed by atoms with Gasteiger partial charge in [-0.2, -0.15) is 0 Å². The van der Waals surface area contributed by atoms with Crippen LogP contribution < -0.4 is 14.2 Å². The maximum atomic E-state index is 13.5. The summed E-state index contributed by atoms with van der Waals surface area (Å²) in [6.45, 7) is 4.84. The van der Waals surface area contributed by atoms with Crippen LogP contribution in [-0.4, -0.2) is 49.8 Å². The van der Waals surface area contributed by atoms with Crippen LogP contribution in [0.25, 0.3) is 33.1 Å². The molecular formula is C41H37N3O6S2. The minimum absolute atomic E-state index is 0.0472. The number of ether oxygens (including phenoxy) is 2. The van der Waals surface area contributed by atoms with E-state index in [1.165, 1.54) is 11.8 Å². The molecule has 11 heteroatoms. The molecule has 2 aliphatic rings. The van der Waals surface area contributed by atoms with Crippen LogP contribution in [-0.2, 0) is 10.0 Å². The molecule has 52 heavy (non-hydrogen) atoms. The second kappa shape index (κ2) is 14.1. The highest BCUT2D eigenvalue weighted by Crippen LogP contribution is 2.51. The van der Waals surface area contributed by atoms with Crippen molar-refractivity contribution in [1.29, 1.82) is 0 Å². The molecule has 2 fully saturated rings. The van der Waals surface area contributed by atoms with Gasteiger partial charge in [0.15, 0.2) is 0 Å². The van der Waals surface area contributed by atoms with Gasteiger partial charge < -0.3 is 18.8 Å². The number of piperidine rings is 1. The summed E-state index contributed by atoms with van der Waals surface area (Å²) in [5, 5.41) is 1.41. The van der Waals surface area contributed by atoms with Crippen LogP contribution in [0.4, 0.5) is 4.79 Å². The fourth-order valence-electron chi connectivity index (χ4n) is 7.32. The van der Waals surface area contributed by atoms with Gasteiger partial charge in [0.1, 0.15) is 22.8 Å². The maximum Gasteiger partial charge on any atom is 0.282 e. The fourth-order valence-corrected chi connectivity index (χ4v) is 9.68. The van der Waals surface area contributed by atoms with Crippen LogP contribution in [0.3, 0.4) is 0 Å². The number of rotatable bonds is 11.